The molecule has 0 atom stereocenters. The second kappa shape index (κ2) is 7.78. The number of carboxylic acid groups (broad SMARTS) is 1. The van der Waals surface area contributed by atoms with Crippen molar-refractivity contribution in [3.05, 3.63) is 47.5 Å². The summed E-state index contributed by atoms with van der Waals surface area (Å²) in [6.45, 7) is 4.99. The van der Waals surface area contributed by atoms with Crippen molar-refractivity contribution in [2.75, 3.05) is 11.5 Å². The highest BCUT2D eigenvalue weighted by molar-refractivity contribution is 5.70. The lowest BCUT2D eigenvalue weighted by Gasteiger charge is -2.04. The van der Waals surface area contributed by atoms with E-state index in [0.29, 0.717) is 17.1 Å². The number of benzene rings is 2. The number of hydrogen-bond acceptors (Lipinski definition) is 5. The van der Waals surface area contributed by atoms with E-state index < -0.39 is 5.97 Å². The van der Waals surface area contributed by atoms with Crippen LogP contribution in [0.4, 0.5) is 22.7 Å². The molecule has 0 aromatic heterocycles. The molecule has 6 nitrogen and oxygen atoms in total. The molecule has 0 aliphatic carbocycles. The van der Waals surface area contributed by atoms with Crippen LogP contribution in [0.5, 0.6) is 0 Å². The van der Waals surface area contributed by atoms with Gasteiger partial charge in [0.1, 0.15) is 5.69 Å². The Labute approximate surface area is 129 Å². The third-order valence-corrected chi connectivity index (χ3v) is 2.80. The number of nitrogens with zero attached hydrogens (tertiary/aromatic N) is 2. The maximum Gasteiger partial charge on any atom is 0.300 e. The minimum atomic E-state index is -0.833. The Kier molecular flexibility index (Phi) is 6.07. The summed E-state index contributed by atoms with van der Waals surface area (Å²) in [5.74, 6) is -0.833. The lowest BCUT2D eigenvalue weighted by atomic mass is 10.1. The van der Waals surface area contributed by atoms with E-state index in [1.165, 1.54) is 0 Å². The zero-order chi connectivity index (χ0) is 16.7. The minimum absolute atomic E-state index is 0.537. The summed E-state index contributed by atoms with van der Waals surface area (Å²) in [6.07, 6.45) is 0. The molecule has 0 spiro atoms. The van der Waals surface area contributed by atoms with Crippen LogP contribution in [0.25, 0.3) is 0 Å². The number of rotatable bonds is 2. The van der Waals surface area contributed by atoms with Crippen LogP contribution in [0, 0.1) is 13.8 Å². The highest BCUT2D eigenvalue weighted by Crippen LogP contribution is 2.29. The number of carbonyl (C=O) groups is 1. The average Bonchev–Trinajstić information content (AvgIpc) is 2.42. The summed E-state index contributed by atoms with van der Waals surface area (Å²) in [6, 6.07) is 11.4. The van der Waals surface area contributed by atoms with Crippen LogP contribution < -0.4 is 11.5 Å². The van der Waals surface area contributed by atoms with Crippen molar-refractivity contribution in [1.82, 2.24) is 0 Å². The predicted molar refractivity (Wildman–Crippen MR) is 88.7 cm³/mol. The molecule has 2 rings (SSSR count). The van der Waals surface area contributed by atoms with E-state index in [0.717, 1.165) is 23.7 Å². The van der Waals surface area contributed by atoms with Crippen LogP contribution in [0.1, 0.15) is 18.1 Å². The zero-order valence-corrected chi connectivity index (χ0v) is 12.9. The normalized spacial score (nSPS) is 10.1. The molecule has 0 saturated carbocycles. The Morgan fingerprint density at radius 2 is 1.50 bits per heavy atom. The van der Waals surface area contributed by atoms with E-state index in [-0.39, 0.29) is 0 Å². The van der Waals surface area contributed by atoms with Gasteiger partial charge >= 0.3 is 0 Å². The van der Waals surface area contributed by atoms with Crippen molar-refractivity contribution in [2.45, 2.75) is 20.8 Å². The third kappa shape index (κ3) is 5.24. The van der Waals surface area contributed by atoms with Crippen molar-refractivity contribution in [3.8, 4) is 0 Å². The molecule has 0 heterocycles. The standard InChI is InChI=1S/C14H16N4.C2H4O2/c1-9-5-3-4-6-13(9)17-18-14-7-10(2)11(15)8-12(14)16;1-2(3)4/h3-8H,15-16H2,1-2H3;1H3,(H,3,4). The molecule has 0 aliphatic heterocycles. The predicted octanol–water partition coefficient (Wildman–Crippen LogP) is 3.97. The molecule has 0 fully saturated rings. The molecule has 22 heavy (non-hydrogen) atoms. The lowest BCUT2D eigenvalue weighted by Crippen LogP contribution is -1.93. The first-order valence-corrected chi connectivity index (χ1v) is 6.63. The number of nitrogens with two attached hydrogens (primary N) is 2. The maximum absolute atomic E-state index is 9.00. The summed E-state index contributed by atoms with van der Waals surface area (Å²) in [4.78, 5) is 9.00. The fourth-order valence-electron chi connectivity index (χ4n) is 1.60. The number of carboxylic acids is 1. The van der Waals surface area contributed by atoms with Gasteiger partial charge in [-0.3, -0.25) is 4.79 Å². The van der Waals surface area contributed by atoms with Crippen LogP contribution >= 0.6 is 0 Å². The number of aryl methyl sites for hydroxylation is 2. The molecule has 0 radical (unpaired) electrons. The van der Waals surface area contributed by atoms with Gasteiger partial charge in [0, 0.05) is 12.6 Å². The summed E-state index contributed by atoms with van der Waals surface area (Å²) in [5, 5.41) is 15.8. The van der Waals surface area contributed by atoms with Gasteiger partial charge in [-0.2, -0.15) is 5.11 Å². The highest BCUT2D eigenvalue weighted by Gasteiger charge is 2.02. The molecular formula is C16H20N4O2. The summed E-state index contributed by atoms with van der Waals surface area (Å²) in [7, 11) is 0. The second-order valence-corrected chi connectivity index (χ2v) is 4.77. The van der Waals surface area contributed by atoms with Gasteiger partial charge in [0.15, 0.2) is 0 Å². The fourth-order valence-corrected chi connectivity index (χ4v) is 1.60. The number of azo groups is 1. The number of hydrogen-bond donors (Lipinski definition) is 3. The van der Waals surface area contributed by atoms with Crippen molar-refractivity contribution in [2.24, 2.45) is 10.2 Å². The molecule has 0 aliphatic rings. The Balaban J connectivity index is 0.000000541. The van der Waals surface area contributed by atoms with Crippen LogP contribution in [-0.4, -0.2) is 11.1 Å². The quantitative estimate of drug-likeness (QED) is 0.575. The molecule has 5 N–H and O–H groups in total. The molecule has 2 aromatic carbocycles. The van der Waals surface area contributed by atoms with Crippen LogP contribution in [0.2, 0.25) is 0 Å². The van der Waals surface area contributed by atoms with Gasteiger partial charge in [-0.05, 0) is 43.2 Å². The Morgan fingerprint density at radius 1 is 0.955 bits per heavy atom. The minimum Gasteiger partial charge on any atom is -0.481 e. The van der Waals surface area contributed by atoms with Gasteiger partial charge in [0.05, 0.1) is 11.4 Å². The molecule has 0 saturated heterocycles. The number of anilines is 2. The molecular weight excluding hydrogens is 280 g/mol. The second-order valence-electron chi connectivity index (χ2n) is 4.77. The Morgan fingerprint density at radius 3 is 2.09 bits per heavy atom. The van der Waals surface area contributed by atoms with Crippen LogP contribution in [0.15, 0.2) is 46.6 Å². The highest BCUT2D eigenvalue weighted by atomic mass is 16.4. The molecule has 0 unspecified atom stereocenters. The Bertz CT molecular complexity index is 693. The van der Waals surface area contributed by atoms with Gasteiger partial charge in [-0.1, -0.05) is 18.2 Å². The molecule has 2 aromatic rings. The molecule has 0 bridgehead atoms. The van der Waals surface area contributed by atoms with E-state index in [1.807, 2.05) is 44.2 Å². The summed E-state index contributed by atoms with van der Waals surface area (Å²) in [5.41, 5.74) is 16.3. The van der Waals surface area contributed by atoms with Gasteiger partial charge in [-0.25, -0.2) is 0 Å². The third-order valence-electron chi connectivity index (χ3n) is 2.80. The summed E-state index contributed by atoms with van der Waals surface area (Å²) >= 11 is 0. The zero-order valence-electron chi connectivity index (χ0n) is 12.9. The summed E-state index contributed by atoms with van der Waals surface area (Å²) < 4.78 is 0. The van der Waals surface area contributed by atoms with Gasteiger partial charge in [0.2, 0.25) is 0 Å². The van der Waals surface area contributed by atoms with Gasteiger partial charge in [-0.15, -0.1) is 5.11 Å². The van der Waals surface area contributed by atoms with Crippen molar-refractivity contribution in [3.63, 3.8) is 0 Å². The van der Waals surface area contributed by atoms with Crippen LogP contribution in [0.3, 0.4) is 0 Å². The van der Waals surface area contributed by atoms with Gasteiger partial charge < -0.3 is 16.6 Å². The first-order chi connectivity index (χ1) is 10.3. The largest absolute Gasteiger partial charge is 0.481 e. The molecule has 6 heteroatoms. The average molecular weight is 300 g/mol. The monoisotopic (exact) mass is 300 g/mol. The molecule has 116 valence electrons. The van der Waals surface area contributed by atoms with Gasteiger partial charge in [0.25, 0.3) is 5.97 Å². The van der Waals surface area contributed by atoms with Crippen molar-refractivity contribution in [1.29, 1.82) is 0 Å². The van der Waals surface area contributed by atoms with E-state index in [2.05, 4.69) is 10.2 Å². The lowest BCUT2D eigenvalue weighted by molar-refractivity contribution is -0.134. The van der Waals surface area contributed by atoms with E-state index in [4.69, 9.17) is 21.4 Å². The maximum atomic E-state index is 9.00. The topological polar surface area (TPSA) is 114 Å². The first kappa shape index (κ1) is 17.2. The Hall–Kier alpha value is -2.89. The van der Waals surface area contributed by atoms with Crippen molar-refractivity contribution >= 4 is 28.7 Å². The van der Waals surface area contributed by atoms with E-state index >= 15 is 0 Å². The first-order valence-electron chi connectivity index (χ1n) is 6.63. The van der Waals surface area contributed by atoms with Crippen molar-refractivity contribution < 1.29 is 9.90 Å². The fraction of sp³-hybridized carbons (Fsp3) is 0.188. The van der Waals surface area contributed by atoms with E-state index in [9.17, 15) is 0 Å². The smallest absolute Gasteiger partial charge is 0.300 e. The molecule has 0 amide bonds. The van der Waals surface area contributed by atoms with E-state index in [1.54, 1.807) is 6.07 Å². The SMILES string of the molecule is CC(=O)O.Cc1cc(N=Nc2ccccc2C)c(N)cc1N. The number of aliphatic carboxylic acids is 1. The number of nitrogen functional groups attached to an aromatic ring is 2. The van der Waals surface area contributed by atoms with Crippen LogP contribution in [-0.2, 0) is 4.79 Å².